The van der Waals surface area contributed by atoms with Crippen molar-refractivity contribution in [3.63, 3.8) is 0 Å². The molecule has 0 bridgehead atoms. The van der Waals surface area contributed by atoms with Gasteiger partial charge in [-0.15, -0.1) is 0 Å². The summed E-state index contributed by atoms with van der Waals surface area (Å²) in [6.45, 7) is 5.76. The number of aromatic amines is 1. The van der Waals surface area contributed by atoms with Crippen LogP contribution in [0.1, 0.15) is 36.2 Å². The van der Waals surface area contributed by atoms with E-state index in [4.69, 9.17) is 10.3 Å². The van der Waals surface area contributed by atoms with Gasteiger partial charge in [-0.25, -0.2) is 5.48 Å². The number of para-hydroxylation sites is 1. The Balaban J connectivity index is 0.00000155. The van der Waals surface area contributed by atoms with Crippen molar-refractivity contribution in [2.24, 2.45) is 0 Å². The van der Waals surface area contributed by atoms with Crippen molar-refractivity contribution in [1.82, 2.24) is 15.8 Å². The average Bonchev–Trinajstić information content (AvgIpc) is 3.21. The van der Waals surface area contributed by atoms with Crippen LogP contribution in [0, 0.1) is 0 Å². The first-order valence-corrected chi connectivity index (χ1v) is 10.3. The maximum Gasteiger partial charge on any atom is 0.267 e. The molecule has 160 valence electrons. The molecule has 0 unspecified atom stereocenters. The quantitative estimate of drug-likeness (QED) is 0.161. The fourth-order valence-corrected chi connectivity index (χ4v) is 3.15. The lowest BCUT2D eigenvalue weighted by atomic mass is 10.1. The zero-order valence-corrected chi connectivity index (χ0v) is 17.6. The van der Waals surface area contributed by atoms with Crippen molar-refractivity contribution in [3.05, 3.63) is 77.0 Å². The van der Waals surface area contributed by atoms with Gasteiger partial charge in [0.25, 0.3) is 5.91 Å². The first-order valence-electron chi connectivity index (χ1n) is 10.3. The van der Waals surface area contributed by atoms with Gasteiger partial charge >= 0.3 is 0 Å². The summed E-state index contributed by atoms with van der Waals surface area (Å²) in [5.74, 6) is -0.550. The van der Waals surface area contributed by atoms with Gasteiger partial charge in [-0.2, -0.15) is 0 Å². The molecule has 3 aromatic rings. The Kier molecular flexibility index (Phi) is 9.80. The van der Waals surface area contributed by atoms with Crippen molar-refractivity contribution < 1.29 is 15.1 Å². The molecule has 0 aliphatic heterocycles. The molecule has 3 rings (SSSR count). The van der Waals surface area contributed by atoms with Crippen molar-refractivity contribution >= 4 is 22.9 Å². The minimum atomic E-state index is -0.550. The summed E-state index contributed by atoms with van der Waals surface area (Å²) in [4.78, 5) is 14.4. The van der Waals surface area contributed by atoms with Gasteiger partial charge in [0.2, 0.25) is 0 Å². The Morgan fingerprint density at radius 1 is 1.10 bits per heavy atom. The van der Waals surface area contributed by atoms with Gasteiger partial charge in [-0.1, -0.05) is 56.3 Å². The fraction of sp³-hybridized carbons (Fsp3) is 0.292. The van der Waals surface area contributed by atoms with E-state index in [0.717, 1.165) is 41.8 Å². The van der Waals surface area contributed by atoms with Crippen LogP contribution in [-0.4, -0.2) is 34.4 Å². The highest BCUT2D eigenvalue weighted by atomic mass is 16.5. The van der Waals surface area contributed by atoms with Gasteiger partial charge in [0.05, 0.1) is 0 Å². The molecule has 0 fully saturated rings. The average molecular weight is 410 g/mol. The summed E-state index contributed by atoms with van der Waals surface area (Å²) < 4.78 is 0. The van der Waals surface area contributed by atoms with Gasteiger partial charge in [0.1, 0.15) is 0 Å². The van der Waals surface area contributed by atoms with E-state index in [9.17, 15) is 4.79 Å². The molecule has 0 spiro atoms. The molecule has 0 saturated heterocycles. The Hall–Kier alpha value is -2.93. The third-order valence-corrected chi connectivity index (χ3v) is 4.60. The number of carbonyl (C=O) groups is 1. The first kappa shape index (κ1) is 23.3. The lowest BCUT2D eigenvalue weighted by Gasteiger charge is -2.07. The fourth-order valence-electron chi connectivity index (χ4n) is 3.15. The summed E-state index contributed by atoms with van der Waals surface area (Å²) in [6, 6.07) is 16.3. The topological polar surface area (TPSA) is 97.4 Å². The number of H-pyrrole nitrogens is 1. The number of aliphatic hydroxyl groups excluding tert-OH is 1. The summed E-state index contributed by atoms with van der Waals surface area (Å²) in [5, 5.41) is 22.2. The zero-order chi connectivity index (χ0) is 21.8. The molecule has 5 N–H and O–H groups in total. The lowest BCUT2D eigenvalue weighted by Crippen LogP contribution is -2.16. The molecular formula is C24H31N3O3. The largest absolute Gasteiger partial charge is 0.396 e. The first-order chi connectivity index (χ1) is 14.7. The van der Waals surface area contributed by atoms with E-state index in [1.807, 2.05) is 38.1 Å². The summed E-state index contributed by atoms with van der Waals surface area (Å²) in [6.07, 6.45) is 4.47. The van der Waals surface area contributed by atoms with Crippen LogP contribution in [0.3, 0.4) is 0 Å². The van der Waals surface area contributed by atoms with E-state index in [0.29, 0.717) is 6.42 Å². The number of nitrogens with one attached hydrogen (secondary N) is 3. The Labute approximate surface area is 177 Å². The minimum absolute atomic E-state index is 0.146. The number of hydrogen-bond acceptors (Lipinski definition) is 4. The number of benzene rings is 2. The second kappa shape index (κ2) is 12.6. The predicted octanol–water partition coefficient (Wildman–Crippen LogP) is 3.58. The molecule has 0 radical (unpaired) electrons. The number of aliphatic hydroxyl groups is 1. The van der Waals surface area contributed by atoms with Gasteiger partial charge in [-0.3, -0.25) is 10.0 Å². The molecular weight excluding hydrogens is 378 g/mol. The normalized spacial score (nSPS) is 10.8. The smallest absolute Gasteiger partial charge is 0.267 e. The number of hydroxylamine groups is 1. The van der Waals surface area contributed by atoms with E-state index in [2.05, 4.69) is 34.6 Å². The van der Waals surface area contributed by atoms with E-state index in [-0.39, 0.29) is 6.61 Å². The summed E-state index contributed by atoms with van der Waals surface area (Å²) >= 11 is 0. The van der Waals surface area contributed by atoms with Gasteiger partial charge < -0.3 is 15.4 Å². The van der Waals surface area contributed by atoms with Crippen LogP contribution in [-0.2, 0) is 24.2 Å². The van der Waals surface area contributed by atoms with Crippen LogP contribution >= 0.6 is 0 Å². The number of amides is 1. The van der Waals surface area contributed by atoms with E-state index >= 15 is 0 Å². The Morgan fingerprint density at radius 3 is 2.57 bits per heavy atom. The Bertz CT molecular complexity index is 946. The van der Waals surface area contributed by atoms with E-state index < -0.39 is 5.91 Å². The van der Waals surface area contributed by atoms with Crippen LogP contribution in [0.25, 0.3) is 17.0 Å². The van der Waals surface area contributed by atoms with Crippen LogP contribution < -0.4 is 10.8 Å². The van der Waals surface area contributed by atoms with Crippen molar-refractivity contribution in [1.29, 1.82) is 0 Å². The standard InChI is InChI=1S/C22H25N3O3.C2H6/c26-13-11-20-14-19-3-1-2-18(22(19)24-20)10-12-23-15-17-6-4-16(5-7-17)8-9-21(27)25-28;1-2/h1-9,14,23-24,26,28H,10-13,15H2,(H,25,27);1-2H3/b9-8+;. The maximum absolute atomic E-state index is 11.0. The molecule has 0 atom stereocenters. The molecule has 6 heteroatoms. The highest BCUT2D eigenvalue weighted by Gasteiger charge is 2.05. The molecule has 30 heavy (non-hydrogen) atoms. The van der Waals surface area contributed by atoms with Crippen LogP contribution in [0.5, 0.6) is 0 Å². The molecule has 6 nitrogen and oxygen atoms in total. The monoisotopic (exact) mass is 409 g/mol. The van der Waals surface area contributed by atoms with E-state index in [1.165, 1.54) is 17.0 Å². The summed E-state index contributed by atoms with van der Waals surface area (Å²) in [5.41, 5.74) is 7.08. The van der Waals surface area contributed by atoms with Crippen LogP contribution in [0.4, 0.5) is 0 Å². The highest BCUT2D eigenvalue weighted by Crippen LogP contribution is 2.20. The van der Waals surface area contributed by atoms with Gasteiger partial charge in [-0.05, 0) is 47.2 Å². The minimum Gasteiger partial charge on any atom is -0.396 e. The van der Waals surface area contributed by atoms with Crippen LogP contribution in [0.15, 0.2) is 54.6 Å². The molecule has 1 amide bonds. The lowest BCUT2D eigenvalue weighted by molar-refractivity contribution is -0.124. The number of fused-ring (bicyclic) bond motifs is 1. The van der Waals surface area contributed by atoms with Crippen molar-refractivity contribution in [2.45, 2.75) is 33.2 Å². The molecule has 0 saturated carbocycles. The van der Waals surface area contributed by atoms with Gasteiger partial charge in [0, 0.05) is 36.9 Å². The van der Waals surface area contributed by atoms with Crippen molar-refractivity contribution in [2.75, 3.05) is 13.2 Å². The number of aromatic nitrogens is 1. The zero-order valence-electron chi connectivity index (χ0n) is 17.6. The molecule has 2 aromatic carbocycles. The SMILES string of the molecule is CC.O=C(/C=C/c1ccc(CNCCc2cccc3cc(CCO)[nH]c23)cc1)NO. The molecule has 1 aromatic heterocycles. The Morgan fingerprint density at radius 2 is 1.87 bits per heavy atom. The van der Waals surface area contributed by atoms with Crippen LogP contribution in [0.2, 0.25) is 0 Å². The molecule has 0 aliphatic rings. The van der Waals surface area contributed by atoms with E-state index in [1.54, 1.807) is 11.6 Å². The number of rotatable bonds is 9. The number of carbonyl (C=O) groups excluding carboxylic acids is 1. The molecule has 1 heterocycles. The number of hydrogen-bond donors (Lipinski definition) is 5. The highest BCUT2D eigenvalue weighted by molar-refractivity contribution is 5.90. The third-order valence-electron chi connectivity index (χ3n) is 4.60. The molecule has 0 aliphatic carbocycles. The summed E-state index contributed by atoms with van der Waals surface area (Å²) in [7, 11) is 0. The predicted molar refractivity (Wildman–Crippen MR) is 121 cm³/mol. The third kappa shape index (κ3) is 6.84. The van der Waals surface area contributed by atoms with Crippen molar-refractivity contribution in [3.8, 4) is 0 Å². The second-order valence-corrected chi connectivity index (χ2v) is 6.63. The van der Waals surface area contributed by atoms with Gasteiger partial charge in [0.15, 0.2) is 0 Å². The maximum atomic E-state index is 11.0. The second-order valence-electron chi connectivity index (χ2n) is 6.63.